The Kier molecular flexibility index (Phi) is 5.47. The van der Waals surface area contributed by atoms with Gasteiger partial charge in [0.2, 0.25) is 5.91 Å². The van der Waals surface area contributed by atoms with Crippen molar-refractivity contribution >= 4 is 17.7 Å². The molecule has 0 aliphatic heterocycles. The lowest BCUT2D eigenvalue weighted by molar-refractivity contribution is -0.123. The molecule has 1 rings (SSSR count). The highest BCUT2D eigenvalue weighted by Gasteiger charge is 2.23. The van der Waals surface area contributed by atoms with Crippen LogP contribution in [-0.4, -0.2) is 29.5 Å². The van der Waals surface area contributed by atoms with Gasteiger partial charge in [-0.3, -0.25) is 4.79 Å². The SMILES string of the molecule is CC[C@H](N)C(=O)N[C@H]1CCC[C@H](SC)C1. The zero-order valence-corrected chi connectivity index (χ0v) is 10.5. The third-order valence-electron chi connectivity index (χ3n) is 3.08. The van der Waals surface area contributed by atoms with Gasteiger partial charge in [0.25, 0.3) is 0 Å². The maximum absolute atomic E-state index is 11.6. The van der Waals surface area contributed by atoms with Crippen molar-refractivity contribution in [3.8, 4) is 0 Å². The number of nitrogens with two attached hydrogens (primary N) is 1. The van der Waals surface area contributed by atoms with E-state index in [1.807, 2.05) is 18.7 Å². The summed E-state index contributed by atoms with van der Waals surface area (Å²) in [6.07, 6.45) is 7.57. The molecule has 0 saturated heterocycles. The normalized spacial score (nSPS) is 28.5. The van der Waals surface area contributed by atoms with Gasteiger partial charge in [-0.25, -0.2) is 0 Å². The van der Waals surface area contributed by atoms with Gasteiger partial charge in [-0.1, -0.05) is 13.3 Å². The van der Waals surface area contributed by atoms with Gasteiger partial charge in [-0.05, 0) is 31.9 Å². The van der Waals surface area contributed by atoms with Crippen LogP contribution in [0.3, 0.4) is 0 Å². The third kappa shape index (κ3) is 4.03. The molecule has 0 spiro atoms. The second-order valence-corrected chi connectivity index (χ2v) is 5.38. The van der Waals surface area contributed by atoms with Gasteiger partial charge in [-0.15, -0.1) is 0 Å². The first-order chi connectivity index (χ1) is 7.17. The number of amides is 1. The molecule has 0 unspecified atom stereocenters. The minimum atomic E-state index is -0.334. The van der Waals surface area contributed by atoms with Gasteiger partial charge in [0, 0.05) is 11.3 Å². The van der Waals surface area contributed by atoms with Crippen molar-refractivity contribution in [3.05, 3.63) is 0 Å². The van der Waals surface area contributed by atoms with Gasteiger partial charge < -0.3 is 11.1 Å². The molecule has 0 aromatic rings. The quantitative estimate of drug-likeness (QED) is 0.770. The van der Waals surface area contributed by atoms with Crippen molar-refractivity contribution in [1.82, 2.24) is 5.32 Å². The first-order valence-corrected chi connectivity index (χ1v) is 7.05. The monoisotopic (exact) mass is 230 g/mol. The van der Waals surface area contributed by atoms with Gasteiger partial charge >= 0.3 is 0 Å². The Hall–Kier alpha value is -0.220. The molecule has 0 bridgehead atoms. The van der Waals surface area contributed by atoms with E-state index in [4.69, 9.17) is 5.73 Å². The van der Waals surface area contributed by atoms with E-state index in [0.29, 0.717) is 17.7 Å². The predicted molar refractivity (Wildman–Crippen MR) is 66.0 cm³/mol. The minimum Gasteiger partial charge on any atom is -0.352 e. The zero-order chi connectivity index (χ0) is 11.3. The number of carbonyl (C=O) groups is 1. The van der Waals surface area contributed by atoms with Crippen LogP contribution in [0.25, 0.3) is 0 Å². The predicted octanol–water partition coefficient (Wildman–Crippen LogP) is 1.51. The van der Waals surface area contributed by atoms with E-state index in [9.17, 15) is 4.79 Å². The van der Waals surface area contributed by atoms with Crippen molar-refractivity contribution in [2.24, 2.45) is 5.73 Å². The smallest absolute Gasteiger partial charge is 0.237 e. The summed E-state index contributed by atoms with van der Waals surface area (Å²) < 4.78 is 0. The fourth-order valence-corrected chi connectivity index (χ4v) is 2.81. The molecule has 0 aromatic heterocycles. The van der Waals surface area contributed by atoms with Crippen molar-refractivity contribution in [1.29, 1.82) is 0 Å². The van der Waals surface area contributed by atoms with E-state index in [2.05, 4.69) is 11.6 Å². The lowest BCUT2D eigenvalue weighted by atomic mass is 9.94. The highest BCUT2D eigenvalue weighted by molar-refractivity contribution is 7.99. The minimum absolute atomic E-state index is 0.0178. The van der Waals surface area contributed by atoms with E-state index in [1.165, 1.54) is 12.8 Å². The van der Waals surface area contributed by atoms with Gasteiger partial charge in [0.1, 0.15) is 0 Å². The fraction of sp³-hybridized carbons (Fsp3) is 0.909. The van der Waals surface area contributed by atoms with E-state index in [0.717, 1.165) is 12.8 Å². The first-order valence-electron chi connectivity index (χ1n) is 5.76. The van der Waals surface area contributed by atoms with Crippen LogP contribution >= 0.6 is 11.8 Å². The van der Waals surface area contributed by atoms with Crippen LogP contribution in [0.15, 0.2) is 0 Å². The highest BCUT2D eigenvalue weighted by Crippen LogP contribution is 2.26. The van der Waals surface area contributed by atoms with Crippen molar-refractivity contribution in [3.63, 3.8) is 0 Å². The summed E-state index contributed by atoms with van der Waals surface area (Å²) in [4.78, 5) is 11.6. The Morgan fingerprint density at radius 1 is 1.60 bits per heavy atom. The fourth-order valence-electron chi connectivity index (χ4n) is 1.98. The first kappa shape index (κ1) is 12.8. The Morgan fingerprint density at radius 3 is 2.93 bits per heavy atom. The summed E-state index contributed by atoms with van der Waals surface area (Å²) in [7, 11) is 0. The summed E-state index contributed by atoms with van der Waals surface area (Å²) in [6, 6.07) is 0.0148. The van der Waals surface area contributed by atoms with E-state index in [1.54, 1.807) is 0 Å². The maximum atomic E-state index is 11.6. The number of thioether (sulfide) groups is 1. The molecule has 4 heteroatoms. The van der Waals surface area contributed by atoms with Crippen molar-refractivity contribution in [2.45, 2.75) is 56.4 Å². The largest absolute Gasteiger partial charge is 0.352 e. The molecule has 0 radical (unpaired) electrons. The molecule has 3 atom stereocenters. The Balaban J connectivity index is 2.34. The average Bonchev–Trinajstić information content (AvgIpc) is 2.28. The van der Waals surface area contributed by atoms with Crippen LogP contribution in [0.1, 0.15) is 39.0 Å². The highest BCUT2D eigenvalue weighted by atomic mass is 32.2. The van der Waals surface area contributed by atoms with Gasteiger partial charge in [0.05, 0.1) is 6.04 Å². The second-order valence-electron chi connectivity index (χ2n) is 4.24. The number of hydrogen-bond donors (Lipinski definition) is 2. The summed E-state index contributed by atoms with van der Waals surface area (Å²) in [6.45, 7) is 1.94. The molecule has 15 heavy (non-hydrogen) atoms. The summed E-state index contributed by atoms with van der Waals surface area (Å²) in [5.41, 5.74) is 5.68. The molecular formula is C11H22N2OS. The van der Waals surface area contributed by atoms with E-state index >= 15 is 0 Å². The number of rotatable bonds is 4. The Labute approximate surface area is 96.6 Å². The third-order valence-corrected chi connectivity index (χ3v) is 4.18. The molecule has 1 saturated carbocycles. The van der Waals surface area contributed by atoms with Crippen LogP contribution in [0, 0.1) is 0 Å². The Bertz CT molecular complexity index is 211. The van der Waals surface area contributed by atoms with Gasteiger partial charge in [-0.2, -0.15) is 11.8 Å². The van der Waals surface area contributed by atoms with Crippen LogP contribution in [0.4, 0.5) is 0 Å². The molecule has 3 nitrogen and oxygen atoms in total. The average molecular weight is 230 g/mol. The molecule has 0 heterocycles. The van der Waals surface area contributed by atoms with Crippen molar-refractivity contribution < 1.29 is 4.79 Å². The number of hydrogen-bond acceptors (Lipinski definition) is 3. The van der Waals surface area contributed by atoms with Crippen LogP contribution < -0.4 is 11.1 Å². The summed E-state index contributed by atoms with van der Waals surface area (Å²) in [5, 5.41) is 3.77. The summed E-state index contributed by atoms with van der Waals surface area (Å²) in [5.74, 6) is 0.0178. The van der Waals surface area contributed by atoms with Crippen molar-refractivity contribution in [2.75, 3.05) is 6.26 Å². The molecule has 1 aliphatic rings. The van der Waals surface area contributed by atoms with E-state index in [-0.39, 0.29) is 11.9 Å². The molecule has 1 aliphatic carbocycles. The van der Waals surface area contributed by atoms with E-state index < -0.39 is 0 Å². The summed E-state index contributed by atoms with van der Waals surface area (Å²) >= 11 is 1.91. The molecule has 3 N–H and O–H groups in total. The standard InChI is InChI=1S/C11H22N2OS/c1-3-10(12)11(14)13-8-5-4-6-9(7-8)15-2/h8-10H,3-7,12H2,1-2H3,(H,13,14)/t8-,9-,10-/m0/s1. The topological polar surface area (TPSA) is 55.1 Å². The Morgan fingerprint density at radius 2 is 2.33 bits per heavy atom. The molecular weight excluding hydrogens is 208 g/mol. The number of carbonyl (C=O) groups excluding carboxylic acids is 1. The lowest BCUT2D eigenvalue weighted by Crippen LogP contribution is -2.46. The van der Waals surface area contributed by atoms with Crippen LogP contribution in [-0.2, 0) is 4.79 Å². The van der Waals surface area contributed by atoms with Gasteiger partial charge in [0.15, 0.2) is 0 Å². The van der Waals surface area contributed by atoms with Crippen LogP contribution in [0.2, 0.25) is 0 Å². The molecule has 88 valence electrons. The lowest BCUT2D eigenvalue weighted by Gasteiger charge is -2.29. The maximum Gasteiger partial charge on any atom is 0.237 e. The molecule has 1 fully saturated rings. The molecule has 1 amide bonds. The molecule has 0 aromatic carbocycles. The second kappa shape index (κ2) is 6.38. The van der Waals surface area contributed by atoms with Crippen LogP contribution in [0.5, 0.6) is 0 Å². The zero-order valence-electron chi connectivity index (χ0n) is 9.66. The number of nitrogens with one attached hydrogen (secondary N) is 1.